The van der Waals surface area contributed by atoms with Crippen LogP contribution in [0, 0.1) is 3.57 Å². The molecule has 1 atom stereocenters. The van der Waals surface area contributed by atoms with Crippen molar-refractivity contribution in [1.29, 1.82) is 0 Å². The van der Waals surface area contributed by atoms with Gasteiger partial charge in [0, 0.05) is 12.2 Å². The molecular formula is C7H8BrIN2. The van der Waals surface area contributed by atoms with Crippen molar-refractivity contribution >= 4 is 38.5 Å². The second-order valence-electron chi connectivity index (χ2n) is 2.29. The predicted octanol–water partition coefficient (Wildman–Crippen LogP) is 2.47. The fourth-order valence-corrected chi connectivity index (χ4v) is 1.94. The largest absolute Gasteiger partial charge is 0.324 e. The number of nitrogens with zero attached hydrogens (tertiary/aromatic N) is 1. The smallest absolute Gasteiger partial charge is 0.119 e. The van der Waals surface area contributed by atoms with Gasteiger partial charge in [-0.3, -0.25) is 0 Å². The van der Waals surface area contributed by atoms with Crippen LogP contribution in [-0.4, -0.2) is 4.98 Å². The Labute approximate surface area is 87.9 Å². The Morgan fingerprint density at radius 3 is 2.82 bits per heavy atom. The molecule has 60 valence electrons. The molecule has 1 aromatic rings. The Balaban J connectivity index is 3.17. The highest BCUT2D eigenvalue weighted by atomic mass is 127. The number of nitrogens with two attached hydrogens (primary N) is 1. The van der Waals surface area contributed by atoms with Crippen LogP contribution in [0.15, 0.2) is 16.9 Å². The minimum atomic E-state index is 0.0706. The molecule has 0 spiro atoms. The van der Waals surface area contributed by atoms with Crippen LogP contribution in [0.25, 0.3) is 0 Å². The van der Waals surface area contributed by atoms with Crippen LogP contribution >= 0.6 is 38.5 Å². The van der Waals surface area contributed by atoms with E-state index >= 15 is 0 Å². The summed E-state index contributed by atoms with van der Waals surface area (Å²) in [6, 6.07) is 2.01. The lowest BCUT2D eigenvalue weighted by Gasteiger charge is -2.07. The van der Waals surface area contributed by atoms with Crippen LogP contribution in [0.2, 0.25) is 0 Å². The zero-order chi connectivity index (χ0) is 8.43. The first-order chi connectivity index (χ1) is 5.13. The van der Waals surface area contributed by atoms with E-state index in [9.17, 15) is 0 Å². The lowest BCUT2D eigenvalue weighted by molar-refractivity contribution is 0.807. The van der Waals surface area contributed by atoms with Gasteiger partial charge in [-0.25, -0.2) is 4.98 Å². The number of hydrogen-bond donors (Lipinski definition) is 1. The Morgan fingerprint density at radius 1 is 1.73 bits per heavy atom. The van der Waals surface area contributed by atoms with Crippen LogP contribution in [0.4, 0.5) is 0 Å². The summed E-state index contributed by atoms with van der Waals surface area (Å²) in [7, 11) is 0. The highest BCUT2D eigenvalue weighted by molar-refractivity contribution is 14.1. The predicted molar refractivity (Wildman–Crippen MR) is 57.3 cm³/mol. The van der Waals surface area contributed by atoms with Gasteiger partial charge >= 0.3 is 0 Å². The maximum Gasteiger partial charge on any atom is 0.119 e. The Bertz CT molecular complexity index is 263. The first kappa shape index (κ1) is 9.41. The molecule has 0 radical (unpaired) electrons. The summed E-state index contributed by atoms with van der Waals surface area (Å²) in [6.07, 6.45) is 1.75. The summed E-state index contributed by atoms with van der Waals surface area (Å²) in [6.45, 7) is 1.96. The van der Waals surface area contributed by atoms with Gasteiger partial charge in [-0.15, -0.1) is 0 Å². The van der Waals surface area contributed by atoms with E-state index in [-0.39, 0.29) is 6.04 Å². The van der Waals surface area contributed by atoms with Crippen molar-refractivity contribution < 1.29 is 0 Å². The van der Waals surface area contributed by atoms with Crippen LogP contribution in [-0.2, 0) is 0 Å². The number of rotatable bonds is 1. The van der Waals surface area contributed by atoms with Gasteiger partial charge < -0.3 is 5.73 Å². The van der Waals surface area contributed by atoms with E-state index in [4.69, 9.17) is 5.73 Å². The monoisotopic (exact) mass is 326 g/mol. The van der Waals surface area contributed by atoms with E-state index in [0.717, 1.165) is 13.7 Å². The first-order valence-electron chi connectivity index (χ1n) is 3.18. The molecule has 0 saturated heterocycles. The van der Waals surface area contributed by atoms with E-state index in [2.05, 4.69) is 43.5 Å². The summed E-state index contributed by atoms with van der Waals surface area (Å²) in [4.78, 5) is 4.08. The van der Waals surface area contributed by atoms with Crippen molar-refractivity contribution in [3.05, 3.63) is 26.0 Å². The molecule has 0 saturated carbocycles. The fourth-order valence-electron chi connectivity index (χ4n) is 0.784. The van der Waals surface area contributed by atoms with Gasteiger partial charge in [0.25, 0.3) is 0 Å². The van der Waals surface area contributed by atoms with E-state index in [1.807, 2.05) is 13.0 Å². The quantitative estimate of drug-likeness (QED) is 0.636. The van der Waals surface area contributed by atoms with E-state index in [1.54, 1.807) is 6.20 Å². The van der Waals surface area contributed by atoms with Crippen LogP contribution in [0.1, 0.15) is 18.5 Å². The second-order valence-corrected chi connectivity index (χ2v) is 4.12. The third kappa shape index (κ3) is 2.13. The molecule has 1 aromatic heterocycles. The first-order valence-corrected chi connectivity index (χ1v) is 5.05. The fraction of sp³-hybridized carbons (Fsp3) is 0.286. The maximum absolute atomic E-state index is 5.73. The average molecular weight is 327 g/mol. The summed E-state index contributed by atoms with van der Waals surface area (Å²) in [5.74, 6) is 0. The van der Waals surface area contributed by atoms with Crippen molar-refractivity contribution in [1.82, 2.24) is 4.98 Å². The molecule has 0 aliphatic rings. The molecular weight excluding hydrogens is 319 g/mol. The standard InChI is InChI=1S/C7H8BrIN2/c1-4(10)5-2-3-11-7(8)6(5)9/h2-4H,10H2,1H3/t4-/m1/s1. The third-order valence-corrected chi connectivity index (χ3v) is 3.84. The summed E-state index contributed by atoms with van der Waals surface area (Å²) >= 11 is 5.57. The molecule has 1 rings (SSSR count). The minimum absolute atomic E-state index is 0.0706. The van der Waals surface area contributed by atoms with Gasteiger partial charge in [-0.1, -0.05) is 0 Å². The van der Waals surface area contributed by atoms with Crippen molar-refractivity contribution in [3.8, 4) is 0 Å². The molecule has 4 heteroatoms. The van der Waals surface area contributed by atoms with Gasteiger partial charge in [0.2, 0.25) is 0 Å². The molecule has 0 amide bonds. The number of halogens is 2. The molecule has 0 bridgehead atoms. The van der Waals surface area contributed by atoms with Crippen molar-refractivity contribution in [3.63, 3.8) is 0 Å². The van der Waals surface area contributed by atoms with Crippen LogP contribution in [0.5, 0.6) is 0 Å². The van der Waals surface area contributed by atoms with Crippen LogP contribution in [0.3, 0.4) is 0 Å². The Hall–Kier alpha value is 0.320. The Morgan fingerprint density at radius 2 is 2.36 bits per heavy atom. The van der Waals surface area contributed by atoms with Gasteiger partial charge in [0.05, 0.1) is 3.57 Å². The number of hydrogen-bond acceptors (Lipinski definition) is 2. The average Bonchev–Trinajstić information content (AvgIpc) is 1.94. The van der Waals surface area contributed by atoms with Gasteiger partial charge in [-0.05, 0) is 57.1 Å². The molecule has 2 N–H and O–H groups in total. The van der Waals surface area contributed by atoms with E-state index in [0.29, 0.717) is 0 Å². The van der Waals surface area contributed by atoms with Crippen LogP contribution < -0.4 is 5.73 Å². The molecule has 0 fully saturated rings. The number of pyridine rings is 1. The van der Waals surface area contributed by atoms with Gasteiger partial charge in [-0.2, -0.15) is 0 Å². The normalized spacial score (nSPS) is 13.1. The second kappa shape index (κ2) is 3.82. The third-order valence-electron chi connectivity index (χ3n) is 1.37. The summed E-state index contributed by atoms with van der Waals surface area (Å²) < 4.78 is 1.97. The molecule has 11 heavy (non-hydrogen) atoms. The lowest BCUT2D eigenvalue weighted by atomic mass is 10.1. The maximum atomic E-state index is 5.73. The van der Waals surface area contributed by atoms with E-state index < -0.39 is 0 Å². The summed E-state index contributed by atoms with van der Waals surface area (Å²) in [5, 5.41) is 0. The minimum Gasteiger partial charge on any atom is -0.324 e. The van der Waals surface area contributed by atoms with E-state index in [1.165, 1.54) is 0 Å². The van der Waals surface area contributed by atoms with Crippen molar-refractivity contribution in [2.24, 2.45) is 5.73 Å². The van der Waals surface area contributed by atoms with Crippen molar-refractivity contribution in [2.75, 3.05) is 0 Å². The van der Waals surface area contributed by atoms with Crippen molar-refractivity contribution in [2.45, 2.75) is 13.0 Å². The zero-order valence-corrected chi connectivity index (χ0v) is 9.76. The van der Waals surface area contributed by atoms with Gasteiger partial charge in [0.15, 0.2) is 0 Å². The molecule has 2 nitrogen and oxygen atoms in total. The summed E-state index contributed by atoms with van der Waals surface area (Å²) in [5.41, 5.74) is 6.86. The lowest BCUT2D eigenvalue weighted by Crippen LogP contribution is -2.07. The molecule has 0 aromatic carbocycles. The molecule has 0 unspecified atom stereocenters. The molecule has 1 heterocycles. The highest BCUT2D eigenvalue weighted by Crippen LogP contribution is 2.23. The molecule has 0 aliphatic heterocycles. The SMILES string of the molecule is C[C@@H](N)c1ccnc(Br)c1I. The zero-order valence-electron chi connectivity index (χ0n) is 6.01. The Kier molecular flexibility index (Phi) is 3.27. The number of aromatic nitrogens is 1. The highest BCUT2D eigenvalue weighted by Gasteiger charge is 2.06. The van der Waals surface area contributed by atoms with Gasteiger partial charge in [0.1, 0.15) is 4.60 Å². The molecule has 0 aliphatic carbocycles. The topological polar surface area (TPSA) is 38.9 Å².